The molecule has 118 valence electrons. The molecule has 1 aromatic heterocycles. The Balaban J connectivity index is 1.84. The molecule has 0 unspecified atom stereocenters. The van der Waals surface area contributed by atoms with Crippen molar-refractivity contribution in [1.29, 1.82) is 0 Å². The molecule has 0 radical (unpaired) electrons. The first-order valence-corrected chi connectivity index (χ1v) is 7.74. The fourth-order valence-electron chi connectivity index (χ4n) is 2.32. The summed E-state index contributed by atoms with van der Waals surface area (Å²) in [6.45, 7) is 3.43. The van der Waals surface area contributed by atoms with Gasteiger partial charge < -0.3 is 10.6 Å². The van der Waals surface area contributed by atoms with Gasteiger partial charge in [0.1, 0.15) is 11.2 Å². The molecule has 0 aliphatic carbocycles. The van der Waals surface area contributed by atoms with Crippen LogP contribution in [-0.2, 0) is 10.3 Å². The predicted molar refractivity (Wildman–Crippen MR) is 85.3 cm³/mol. The minimum atomic E-state index is -1.16. The number of aromatic nitrogens is 1. The largest absolute Gasteiger partial charge is 0.322 e. The number of hydrogen-bond acceptors (Lipinski definition) is 5. The maximum Gasteiger partial charge on any atom is 0.322 e. The number of carbonyl (C=O) groups excluding carboxylic acids is 3. The number of nitrogens with one attached hydrogen (secondary N) is 3. The van der Waals surface area contributed by atoms with Gasteiger partial charge in [-0.3, -0.25) is 14.9 Å². The third-order valence-corrected chi connectivity index (χ3v) is 4.37. The summed E-state index contributed by atoms with van der Waals surface area (Å²) in [4.78, 5) is 39.6. The highest BCUT2D eigenvalue weighted by Gasteiger charge is 2.43. The van der Waals surface area contributed by atoms with Crippen LogP contribution in [0.1, 0.15) is 28.0 Å². The molecule has 8 heteroatoms. The van der Waals surface area contributed by atoms with Crippen molar-refractivity contribution in [1.82, 2.24) is 15.6 Å². The Hall–Kier alpha value is -2.74. The van der Waals surface area contributed by atoms with Crippen LogP contribution in [0.3, 0.4) is 0 Å². The molecule has 7 nitrogen and oxygen atoms in total. The van der Waals surface area contributed by atoms with Crippen molar-refractivity contribution in [3.8, 4) is 0 Å². The van der Waals surface area contributed by atoms with E-state index in [0.717, 1.165) is 5.01 Å². The van der Waals surface area contributed by atoms with Gasteiger partial charge in [0.25, 0.3) is 11.8 Å². The van der Waals surface area contributed by atoms with E-state index in [2.05, 4.69) is 20.9 Å². The molecule has 1 aromatic carbocycles. The van der Waals surface area contributed by atoms with E-state index in [0.29, 0.717) is 16.9 Å². The summed E-state index contributed by atoms with van der Waals surface area (Å²) in [5.41, 5.74) is 0.284. The summed E-state index contributed by atoms with van der Waals surface area (Å²) in [6.07, 6.45) is 0. The molecule has 1 aliphatic heterocycles. The van der Waals surface area contributed by atoms with E-state index in [-0.39, 0.29) is 5.91 Å². The molecule has 4 amide bonds. The van der Waals surface area contributed by atoms with Crippen LogP contribution in [-0.4, -0.2) is 22.8 Å². The molecule has 1 atom stereocenters. The standard InChI is InChI=1S/C15H14N4O3S/c1-8-16-11(7-23-8)12(20)17-10-5-3-4-9(6-10)15(2)13(21)18-14(22)19-15/h3-7H,1-2H3,(H,17,20)(H2,18,19,21,22)/t15-/m0/s1. The highest BCUT2D eigenvalue weighted by molar-refractivity contribution is 7.09. The van der Waals surface area contributed by atoms with Gasteiger partial charge in [-0.2, -0.15) is 0 Å². The second-order valence-corrected chi connectivity index (χ2v) is 6.38. The van der Waals surface area contributed by atoms with E-state index in [1.807, 2.05) is 6.92 Å². The predicted octanol–water partition coefficient (Wildman–Crippen LogP) is 1.76. The normalized spacial score (nSPS) is 20.1. The van der Waals surface area contributed by atoms with Crippen molar-refractivity contribution in [2.45, 2.75) is 19.4 Å². The van der Waals surface area contributed by atoms with Crippen LogP contribution in [0.2, 0.25) is 0 Å². The number of benzene rings is 1. The van der Waals surface area contributed by atoms with Crippen molar-refractivity contribution in [3.63, 3.8) is 0 Å². The number of rotatable bonds is 3. The zero-order chi connectivity index (χ0) is 16.6. The topological polar surface area (TPSA) is 100 Å². The fraction of sp³-hybridized carbons (Fsp3) is 0.200. The molecule has 23 heavy (non-hydrogen) atoms. The number of nitrogens with zero attached hydrogens (tertiary/aromatic N) is 1. The summed E-state index contributed by atoms with van der Waals surface area (Å²) in [7, 11) is 0. The number of aryl methyl sites for hydroxylation is 1. The molecule has 0 saturated carbocycles. The van der Waals surface area contributed by atoms with Gasteiger partial charge in [-0.1, -0.05) is 12.1 Å². The third kappa shape index (κ3) is 2.80. The summed E-state index contributed by atoms with van der Waals surface area (Å²) in [5.74, 6) is -0.752. The van der Waals surface area contributed by atoms with Crippen LogP contribution < -0.4 is 16.0 Å². The van der Waals surface area contributed by atoms with Crippen molar-refractivity contribution < 1.29 is 14.4 Å². The van der Waals surface area contributed by atoms with Gasteiger partial charge in [-0.05, 0) is 31.5 Å². The Morgan fingerprint density at radius 3 is 2.74 bits per heavy atom. The molecule has 1 fully saturated rings. The lowest BCUT2D eigenvalue weighted by atomic mass is 9.92. The van der Waals surface area contributed by atoms with Crippen LogP contribution in [0.25, 0.3) is 0 Å². The van der Waals surface area contributed by atoms with Crippen molar-refractivity contribution in [2.24, 2.45) is 0 Å². The van der Waals surface area contributed by atoms with Crippen molar-refractivity contribution in [3.05, 3.63) is 45.9 Å². The maximum atomic E-state index is 12.1. The number of carbonyl (C=O) groups is 3. The Bertz CT molecular complexity index is 817. The number of amides is 4. The molecule has 3 N–H and O–H groups in total. The second kappa shape index (κ2) is 5.47. The number of imide groups is 1. The first-order valence-electron chi connectivity index (χ1n) is 6.86. The van der Waals surface area contributed by atoms with Crippen LogP contribution in [0, 0.1) is 6.92 Å². The number of urea groups is 1. The molecule has 0 spiro atoms. The minimum Gasteiger partial charge on any atom is -0.321 e. The Kier molecular flexibility index (Phi) is 3.61. The van der Waals surface area contributed by atoms with E-state index >= 15 is 0 Å². The Morgan fingerprint density at radius 2 is 2.13 bits per heavy atom. The lowest BCUT2D eigenvalue weighted by Gasteiger charge is -2.21. The highest BCUT2D eigenvalue weighted by Crippen LogP contribution is 2.26. The quantitative estimate of drug-likeness (QED) is 0.747. The zero-order valence-corrected chi connectivity index (χ0v) is 13.3. The third-order valence-electron chi connectivity index (χ3n) is 3.59. The van der Waals surface area contributed by atoms with Gasteiger partial charge in [0.2, 0.25) is 0 Å². The van der Waals surface area contributed by atoms with Gasteiger partial charge in [-0.15, -0.1) is 11.3 Å². The highest BCUT2D eigenvalue weighted by atomic mass is 32.1. The Labute approximate surface area is 136 Å². The fourth-order valence-corrected chi connectivity index (χ4v) is 2.91. The van der Waals surface area contributed by atoms with Crippen molar-refractivity contribution >= 4 is 34.9 Å². The summed E-state index contributed by atoms with van der Waals surface area (Å²) < 4.78 is 0. The van der Waals surface area contributed by atoms with Crippen LogP contribution in [0.4, 0.5) is 10.5 Å². The molecule has 1 aliphatic rings. The maximum absolute atomic E-state index is 12.1. The van der Waals surface area contributed by atoms with E-state index in [9.17, 15) is 14.4 Å². The zero-order valence-electron chi connectivity index (χ0n) is 12.5. The second-order valence-electron chi connectivity index (χ2n) is 5.32. The number of thiazole rings is 1. The van der Waals surface area contributed by atoms with Gasteiger partial charge in [-0.25, -0.2) is 9.78 Å². The molecule has 3 rings (SSSR count). The molecular formula is C15H14N4O3S. The van der Waals surface area contributed by atoms with Crippen molar-refractivity contribution in [2.75, 3.05) is 5.32 Å². The van der Waals surface area contributed by atoms with Gasteiger partial charge in [0.15, 0.2) is 0 Å². The lowest BCUT2D eigenvalue weighted by Crippen LogP contribution is -2.40. The number of hydrogen-bond donors (Lipinski definition) is 3. The van der Waals surface area contributed by atoms with Gasteiger partial charge in [0, 0.05) is 11.1 Å². The summed E-state index contributed by atoms with van der Waals surface area (Å²) in [6, 6.07) is 6.25. The minimum absolute atomic E-state index is 0.323. The average molecular weight is 330 g/mol. The van der Waals surface area contributed by atoms with E-state index < -0.39 is 17.5 Å². The first kappa shape index (κ1) is 15.2. The van der Waals surface area contributed by atoms with E-state index in [4.69, 9.17) is 0 Å². The van der Waals surface area contributed by atoms with Gasteiger partial charge in [0.05, 0.1) is 5.01 Å². The smallest absolute Gasteiger partial charge is 0.321 e. The first-order chi connectivity index (χ1) is 10.9. The number of anilines is 1. The summed E-state index contributed by atoms with van der Waals surface area (Å²) in [5, 5.41) is 10.0. The van der Waals surface area contributed by atoms with Crippen LogP contribution in [0.5, 0.6) is 0 Å². The Morgan fingerprint density at radius 1 is 1.35 bits per heavy atom. The van der Waals surface area contributed by atoms with E-state index in [1.165, 1.54) is 11.3 Å². The average Bonchev–Trinajstić information content (AvgIpc) is 3.04. The monoisotopic (exact) mass is 330 g/mol. The van der Waals surface area contributed by atoms with Gasteiger partial charge >= 0.3 is 6.03 Å². The molecular weight excluding hydrogens is 316 g/mol. The molecule has 0 bridgehead atoms. The van der Waals surface area contributed by atoms with Crippen LogP contribution in [0.15, 0.2) is 29.6 Å². The molecule has 2 aromatic rings. The van der Waals surface area contributed by atoms with E-state index in [1.54, 1.807) is 36.6 Å². The summed E-state index contributed by atoms with van der Waals surface area (Å²) >= 11 is 1.39. The SMILES string of the molecule is Cc1nc(C(=O)Nc2cccc([C@]3(C)NC(=O)NC3=O)c2)cs1. The lowest BCUT2D eigenvalue weighted by molar-refractivity contribution is -0.123. The molecule has 1 saturated heterocycles. The molecule has 2 heterocycles. The van der Waals surface area contributed by atoms with Crippen LogP contribution >= 0.6 is 11.3 Å².